The maximum atomic E-state index is 12.4. The van der Waals surface area contributed by atoms with Crippen molar-refractivity contribution in [3.8, 4) is 0 Å². The molecule has 23 heavy (non-hydrogen) atoms. The molecule has 1 saturated carbocycles. The second kappa shape index (κ2) is 5.87. The van der Waals surface area contributed by atoms with Crippen molar-refractivity contribution in [2.45, 2.75) is 37.6 Å². The molecule has 2 N–H and O–H groups in total. The highest BCUT2D eigenvalue weighted by molar-refractivity contribution is 5.96. The molecule has 0 bridgehead atoms. The SMILES string of the molecule is CCC(NC(=O)c1cc(C2CC2)no1)(C(=O)O)c1ccccc1. The van der Waals surface area contributed by atoms with Crippen molar-refractivity contribution in [3.63, 3.8) is 0 Å². The summed E-state index contributed by atoms with van der Waals surface area (Å²) in [5.41, 5.74) is -0.220. The van der Waals surface area contributed by atoms with Gasteiger partial charge in [0.25, 0.3) is 5.91 Å². The first-order valence-electron chi connectivity index (χ1n) is 7.65. The Labute approximate surface area is 133 Å². The van der Waals surface area contributed by atoms with E-state index in [1.165, 1.54) is 0 Å². The average Bonchev–Trinajstić information content (AvgIpc) is 3.30. The minimum Gasteiger partial charge on any atom is -0.479 e. The van der Waals surface area contributed by atoms with Gasteiger partial charge in [0.1, 0.15) is 0 Å². The van der Waals surface area contributed by atoms with Gasteiger partial charge in [-0.25, -0.2) is 4.79 Å². The van der Waals surface area contributed by atoms with Crippen LogP contribution < -0.4 is 5.32 Å². The largest absolute Gasteiger partial charge is 0.479 e. The van der Waals surface area contributed by atoms with Gasteiger partial charge in [0.05, 0.1) is 5.69 Å². The summed E-state index contributed by atoms with van der Waals surface area (Å²) in [6.07, 6.45) is 2.30. The van der Waals surface area contributed by atoms with Crippen molar-refractivity contribution in [2.75, 3.05) is 0 Å². The van der Waals surface area contributed by atoms with E-state index < -0.39 is 17.4 Å². The number of amides is 1. The van der Waals surface area contributed by atoms with E-state index in [2.05, 4.69) is 10.5 Å². The van der Waals surface area contributed by atoms with Gasteiger partial charge in [-0.1, -0.05) is 42.4 Å². The first-order chi connectivity index (χ1) is 11.1. The lowest BCUT2D eigenvalue weighted by atomic mass is 9.87. The zero-order valence-electron chi connectivity index (χ0n) is 12.8. The van der Waals surface area contributed by atoms with Crippen LogP contribution in [0.2, 0.25) is 0 Å². The average molecular weight is 314 g/mol. The topological polar surface area (TPSA) is 92.4 Å². The van der Waals surface area contributed by atoms with E-state index in [-0.39, 0.29) is 12.2 Å². The van der Waals surface area contributed by atoms with E-state index in [1.807, 2.05) is 0 Å². The Bertz CT molecular complexity index is 721. The molecule has 1 atom stereocenters. The number of benzene rings is 1. The van der Waals surface area contributed by atoms with E-state index in [9.17, 15) is 14.7 Å². The highest BCUT2D eigenvalue weighted by atomic mass is 16.5. The molecule has 1 aliphatic rings. The number of carbonyl (C=O) groups is 2. The lowest BCUT2D eigenvalue weighted by molar-refractivity contribution is -0.145. The Morgan fingerprint density at radius 2 is 2.04 bits per heavy atom. The Balaban J connectivity index is 1.88. The number of hydrogen-bond donors (Lipinski definition) is 2. The highest BCUT2D eigenvalue weighted by Gasteiger charge is 2.41. The predicted octanol–water partition coefficient (Wildman–Crippen LogP) is 2.67. The summed E-state index contributed by atoms with van der Waals surface area (Å²) in [6, 6.07) is 10.3. The summed E-state index contributed by atoms with van der Waals surface area (Å²) in [6.45, 7) is 1.72. The monoisotopic (exact) mass is 314 g/mol. The zero-order chi connectivity index (χ0) is 16.4. The standard InChI is InChI=1S/C17H18N2O4/c1-2-17(16(21)22,12-6-4-3-5-7-12)18-15(20)14-10-13(19-23-14)11-8-9-11/h3-7,10-11H,2,8-9H2,1H3,(H,18,20)(H,21,22). The number of nitrogens with one attached hydrogen (secondary N) is 1. The van der Waals surface area contributed by atoms with E-state index in [0.29, 0.717) is 11.5 Å². The van der Waals surface area contributed by atoms with Crippen LogP contribution in [0.15, 0.2) is 40.9 Å². The summed E-state index contributed by atoms with van der Waals surface area (Å²) < 4.78 is 5.08. The van der Waals surface area contributed by atoms with Crippen molar-refractivity contribution in [2.24, 2.45) is 0 Å². The zero-order valence-corrected chi connectivity index (χ0v) is 12.8. The molecule has 0 radical (unpaired) electrons. The van der Waals surface area contributed by atoms with Crippen LogP contribution in [0.5, 0.6) is 0 Å². The van der Waals surface area contributed by atoms with Crippen molar-refractivity contribution in [1.29, 1.82) is 0 Å². The van der Waals surface area contributed by atoms with E-state index in [0.717, 1.165) is 18.5 Å². The molecule has 6 nitrogen and oxygen atoms in total. The van der Waals surface area contributed by atoms with Gasteiger partial charge in [-0.15, -0.1) is 0 Å². The molecular weight excluding hydrogens is 296 g/mol. The Morgan fingerprint density at radius 3 is 2.61 bits per heavy atom. The summed E-state index contributed by atoms with van der Waals surface area (Å²) in [4.78, 5) is 24.3. The first-order valence-corrected chi connectivity index (χ1v) is 7.65. The van der Waals surface area contributed by atoms with E-state index in [1.54, 1.807) is 43.3 Å². The van der Waals surface area contributed by atoms with E-state index >= 15 is 0 Å². The van der Waals surface area contributed by atoms with Crippen LogP contribution in [0, 0.1) is 0 Å². The number of carboxylic acids is 1. The third-order valence-corrected chi connectivity index (χ3v) is 4.24. The van der Waals surface area contributed by atoms with Crippen molar-refractivity contribution < 1.29 is 19.2 Å². The van der Waals surface area contributed by atoms with Gasteiger partial charge in [0, 0.05) is 12.0 Å². The van der Waals surface area contributed by atoms with Crippen LogP contribution in [0.1, 0.15) is 53.9 Å². The minimum absolute atomic E-state index is 0.0434. The van der Waals surface area contributed by atoms with Gasteiger partial charge in [-0.3, -0.25) is 4.79 Å². The molecule has 0 aliphatic heterocycles. The molecule has 1 amide bonds. The molecule has 1 fully saturated rings. The second-order valence-corrected chi connectivity index (χ2v) is 5.77. The Hall–Kier alpha value is -2.63. The number of carbonyl (C=O) groups excluding carboxylic acids is 1. The third kappa shape index (κ3) is 2.84. The van der Waals surface area contributed by atoms with Crippen molar-refractivity contribution in [1.82, 2.24) is 10.5 Å². The molecule has 2 aromatic rings. The van der Waals surface area contributed by atoms with Gasteiger partial charge in [-0.05, 0) is 24.8 Å². The molecule has 1 heterocycles. The number of rotatable bonds is 6. The lowest BCUT2D eigenvalue weighted by Crippen LogP contribution is -2.51. The van der Waals surface area contributed by atoms with Crippen LogP contribution in [0.3, 0.4) is 0 Å². The summed E-state index contributed by atoms with van der Waals surface area (Å²) >= 11 is 0. The van der Waals surface area contributed by atoms with E-state index in [4.69, 9.17) is 4.52 Å². The molecule has 3 rings (SSSR count). The first kappa shape index (κ1) is 15.3. The van der Waals surface area contributed by atoms with Crippen LogP contribution in [-0.2, 0) is 10.3 Å². The molecule has 0 spiro atoms. The van der Waals surface area contributed by atoms with Gasteiger partial charge in [-0.2, -0.15) is 0 Å². The van der Waals surface area contributed by atoms with Crippen LogP contribution in [0.25, 0.3) is 0 Å². The normalized spacial score (nSPS) is 16.6. The van der Waals surface area contributed by atoms with Gasteiger partial charge in [0.2, 0.25) is 5.76 Å². The molecule has 1 aromatic heterocycles. The fourth-order valence-electron chi connectivity index (χ4n) is 2.64. The maximum absolute atomic E-state index is 12.4. The summed E-state index contributed by atoms with van der Waals surface area (Å²) in [5.74, 6) is -1.27. The maximum Gasteiger partial charge on any atom is 0.334 e. The minimum atomic E-state index is -1.50. The smallest absolute Gasteiger partial charge is 0.334 e. The second-order valence-electron chi connectivity index (χ2n) is 5.77. The van der Waals surface area contributed by atoms with Gasteiger partial charge in [0.15, 0.2) is 5.54 Å². The Morgan fingerprint density at radius 1 is 1.35 bits per heavy atom. The van der Waals surface area contributed by atoms with Crippen LogP contribution in [-0.4, -0.2) is 22.1 Å². The number of hydrogen-bond acceptors (Lipinski definition) is 4. The number of aliphatic carboxylic acids is 1. The molecular formula is C17H18N2O4. The van der Waals surface area contributed by atoms with Crippen LogP contribution >= 0.6 is 0 Å². The fraction of sp³-hybridized carbons (Fsp3) is 0.353. The molecule has 120 valence electrons. The lowest BCUT2D eigenvalue weighted by Gasteiger charge is -2.29. The Kier molecular flexibility index (Phi) is 3.90. The molecule has 0 saturated heterocycles. The highest BCUT2D eigenvalue weighted by Crippen LogP contribution is 2.39. The number of aromatic nitrogens is 1. The number of nitrogens with zero attached hydrogens (tertiary/aromatic N) is 1. The molecule has 1 unspecified atom stereocenters. The molecule has 1 aliphatic carbocycles. The van der Waals surface area contributed by atoms with Crippen molar-refractivity contribution in [3.05, 3.63) is 53.4 Å². The molecule has 6 heteroatoms. The quantitative estimate of drug-likeness (QED) is 0.855. The predicted molar refractivity (Wildman–Crippen MR) is 82.0 cm³/mol. The van der Waals surface area contributed by atoms with Crippen LogP contribution in [0.4, 0.5) is 0 Å². The molecule has 1 aromatic carbocycles. The van der Waals surface area contributed by atoms with Crippen molar-refractivity contribution >= 4 is 11.9 Å². The summed E-state index contributed by atoms with van der Waals surface area (Å²) in [7, 11) is 0. The van der Waals surface area contributed by atoms with Gasteiger partial charge >= 0.3 is 5.97 Å². The summed E-state index contributed by atoms with van der Waals surface area (Å²) in [5, 5.41) is 16.2. The number of carboxylic acid groups (broad SMARTS) is 1. The fourth-order valence-corrected chi connectivity index (χ4v) is 2.64. The third-order valence-electron chi connectivity index (χ3n) is 4.24. The van der Waals surface area contributed by atoms with Gasteiger partial charge < -0.3 is 14.9 Å².